The minimum Gasteiger partial charge on any atom is -0.508 e. The lowest BCUT2D eigenvalue weighted by Gasteiger charge is -2.26. The SMILES string of the molecule is Cc1cccc(O)c1.Oc1ccc2c(c1F)SCCO2.c1ccc(OCCN2CCCCC2)cc1. The van der Waals surface area contributed by atoms with Crippen molar-refractivity contribution in [2.24, 2.45) is 0 Å². The summed E-state index contributed by atoms with van der Waals surface area (Å²) in [5.74, 6) is 1.69. The topological polar surface area (TPSA) is 62.2 Å². The van der Waals surface area contributed by atoms with Gasteiger partial charge in [-0.2, -0.15) is 0 Å². The van der Waals surface area contributed by atoms with Crippen molar-refractivity contribution in [1.29, 1.82) is 0 Å². The number of phenols is 2. The third-order valence-corrected chi connectivity index (χ3v) is 6.54. The van der Waals surface area contributed by atoms with E-state index in [2.05, 4.69) is 4.90 Å². The summed E-state index contributed by atoms with van der Waals surface area (Å²) in [5, 5.41) is 17.8. The number of halogens is 1. The maximum Gasteiger partial charge on any atom is 0.182 e. The van der Waals surface area contributed by atoms with Gasteiger partial charge in [-0.25, -0.2) is 4.39 Å². The Balaban J connectivity index is 0.000000154. The molecule has 0 saturated carbocycles. The van der Waals surface area contributed by atoms with Crippen molar-refractivity contribution in [3.05, 3.63) is 78.1 Å². The number of hydrogen-bond donors (Lipinski definition) is 2. The fourth-order valence-corrected chi connectivity index (χ4v) is 4.56. The van der Waals surface area contributed by atoms with E-state index in [-0.39, 0.29) is 5.75 Å². The van der Waals surface area contributed by atoms with Crippen LogP contribution in [-0.2, 0) is 0 Å². The number of benzene rings is 3. The number of thioether (sulfide) groups is 1. The Morgan fingerprint density at radius 1 is 0.971 bits per heavy atom. The summed E-state index contributed by atoms with van der Waals surface area (Å²) in [5.41, 5.74) is 1.09. The lowest BCUT2D eigenvalue weighted by atomic mass is 10.1. The monoisotopic (exact) mass is 499 g/mol. The van der Waals surface area contributed by atoms with Crippen LogP contribution in [0.2, 0.25) is 0 Å². The van der Waals surface area contributed by atoms with Crippen LogP contribution < -0.4 is 9.47 Å². The van der Waals surface area contributed by atoms with Gasteiger partial charge in [0, 0.05) is 12.3 Å². The molecule has 5 rings (SSSR count). The van der Waals surface area contributed by atoms with Crippen molar-refractivity contribution in [2.75, 3.05) is 38.6 Å². The van der Waals surface area contributed by atoms with Crippen LogP contribution >= 0.6 is 11.8 Å². The highest BCUT2D eigenvalue weighted by atomic mass is 32.2. The molecule has 5 nitrogen and oxygen atoms in total. The minimum atomic E-state index is -0.572. The molecule has 1 saturated heterocycles. The molecule has 0 unspecified atom stereocenters. The summed E-state index contributed by atoms with van der Waals surface area (Å²) in [6.45, 7) is 6.91. The molecule has 0 aliphatic carbocycles. The second kappa shape index (κ2) is 14.5. The molecule has 188 valence electrons. The molecule has 0 spiro atoms. The molecule has 0 aromatic heterocycles. The van der Waals surface area contributed by atoms with E-state index in [9.17, 15) is 4.39 Å². The van der Waals surface area contributed by atoms with Gasteiger partial charge in [0.2, 0.25) is 0 Å². The van der Waals surface area contributed by atoms with E-state index in [1.165, 1.54) is 50.2 Å². The molecule has 0 bridgehead atoms. The molecule has 0 radical (unpaired) electrons. The first-order chi connectivity index (χ1) is 17.0. The molecular weight excluding hydrogens is 465 g/mol. The summed E-state index contributed by atoms with van der Waals surface area (Å²) in [4.78, 5) is 2.91. The van der Waals surface area contributed by atoms with Crippen molar-refractivity contribution < 1.29 is 24.1 Å². The molecule has 1 fully saturated rings. The van der Waals surface area contributed by atoms with Gasteiger partial charge < -0.3 is 19.7 Å². The third-order valence-electron chi connectivity index (χ3n) is 5.50. The van der Waals surface area contributed by atoms with Gasteiger partial charge in [0.1, 0.15) is 23.9 Å². The Morgan fingerprint density at radius 3 is 2.43 bits per heavy atom. The van der Waals surface area contributed by atoms with Gasteiger partial charge in [-0.15, -0.1) is 11.8 Å². The summed E-state index contributed by atoms with van der Waals surface area (Å²) in [6, 6.07) is 20.1. The molecule has 0 amide bonds. The molecule has 7 heteroatoms. The molecule has 0 atom stereocenters. The molecule has 3 aromatic rings. The van der Waals surface area contributed by atoms with Crippen LogP contribution in [0.25, 0.3) is 0 Å². The van der Waals surface area contributed by atoms with Gasteiger partial charge in [-0.05, 0) is 74.8 Å². The Hall–Kier alpha value is -2.90. The summed E-state index contributed by atoms with van der Waals surface area (Å²) < 4.78 is 24.0. The Kier molecular flexibility index (Phi) is 11.1. The number of hydrogen-bond acceptors (Lipinski definition) is 6. The van der Waals surface area contributed by atoms with Crippen LogP contribution in [0.15, 0.2) is 71.6 Å². The van der Waals surface area contributed by atoms with E-state index in [1.807, 2.05) is 49.4 Å². The minimum absolute atomic E-state index is 0.313. The standard InChI is InChI=1S/C13H19NO.C8H7FO2S.C7H8O/c1-3-7-13(8-4-1)15-12-11-14-9-5-2-6-10-14;9-7-5(10)1-2-6-8(7)12-4-3-11-6;1-6-3-2-4-7(8)5-6/h1,3-4,7-8H,2,5-6,9-12H2;1-2,10H,3-4H2;2-5,8H,1H3. The summed E-state index contributed by atoms with van der Waals surface area (Å²) in [7, 11) is 0. The number of aryl methyl sites for hydroxylation is 1. The average Bonchev–Trinajstić information content (AvgIpc) is 2.88. The molecule has 35 heavy (non-hydrogen) atoms. The number of aromatic hydroxyl groups is 2. The van der Waals surface area contributed by atoms with Crippen LogP contribution in [0.4, 0.5) is 4.39 Å². The number of para-hydroxylation sites is 1. The molecular formula is C28H34FNO4S. The van der Waals surface area contributed by atoms with Crippen molar-refractivity contribution in [2.45, 2.75) is 31.1 Å². The fourth-order valence-electron chi connectivity index (χ4n) is 3.69. The van der Waals surface area contributed by atoms with Crippen molar-refractivity contribution in [3.8, 4) is 23.0 Å². The zero-order valence-electron chi connectivity index (χ0n) is 20.2. The Morgan fingerprint density at radius 2 is 1.74 bits per heavy atom. The van der Waals surface area contributed by atoms with E-state index < -0.39 is 5.82 Å². The number of nitrogens with zero attached hydrogens (tertiary/aromatic N) is 1. The van der Waals surface area contributed by atoms with Crippen molar-refractivity contribution in [3.63, 3.8) is 0 Å². The van der Waals surface area contributed by atoms with Crippen LogP contribution in [-0.4, -0.2) is 53.7 Å². The van der Waals surface area contributed by atoms with E-state index >= 15 is 0 Å². The van der Waals surface area contributed by atoms with Crippen LogP contribution in [0.5, 0.6) is 23.0 Å². The number of ether oxygens (including phenoxy) is 2. The lowest BCUT2D eigenvalue weighted by molar-refractivity contribution is 0.183. The second-order valence-electron chi connectivity index (χ2n) is 8.33. The molecule has 2 heterocycles. The maximum atomic E-state index is 13.1. The highest BCUT2D eigenvalue weighted by molar-refractivity contribution is 7.99. The summed E-state index contributed by atoms with van der Waals surface area (Å²) in [6.07, 6.45) is 4.10. The number of likely N-dealkylation sites (tertiary alicyclic amines) is 1. The van der Waals surface area contributed by atoms with Crippen molar-refractivity contribution in [1.82, 2.24) is 4.90 Å². The van der Waals surface area contributed by atoms with E-state index in [1.54, 1.807) is 18.2 Å². The number of fused-ring (bicyclic) bond motifs is 1. The third kappa shape index (κ3) is 9.34. The normalized spacial score (nSPS) is 14.8. The lowest BCUT2D eigenvalue weighted by Crippen LogP contribution is -2.33. The van der Waals surface area contributed by atoms with E-state index in [4.69, 9.17) is 19.7 Å². The molecule has 3 aromatic carbocycles. The first kappa shape index (κ1) is 26.7. The van der Waals surface area contributed by atoms with Gasteiger partial charge >= 0.3 is 0 Å². The second-order valence-corrected chi connectivity index (χ2v) is 9.43. The maximum absolute atomic E-state index is 13.1. The van der Waals surface area contributed by atoms with E-state index in [0.29, 0.717) is 23.0 Å². The Labute approximate surface area is 211 Å². The predicted octanol–water partition coefficient (Wildman–Crippen LogP) is 6.27. The van der Waals surface area contributed by atoms with Gasteiger partial charge in [0.15, 0.2) is 11.6 Å². The quantitative estimate of drug-likeness (QED) is 0.441. The highest BCUT2D eigenvalue weighted by Crippen LogP contribution is 2.38. The van der Waals surface area contributed by atoms with Gasteiger partial charge in [-0.1, -0.05) is 36.8 Å². The smallest absolute Gasteiger partial charge is 0.182 e. The van der Waals surface area contributed by atoms with Crippen LogP contribution in [0, 0.1) is 12.7 Å². The zero-order chi connectivity index (χ0) is 24.9. The van der Waals surface area contributed by atoms with Crippen LogP contribution in [0.1, 0.15) is 24.8 Å². The van der Waals surface area contributed by atoms with Gasteiger partial charge in [-0.3, -0.25) is 4.90 Å². The first-order valence-corrected chi connectivity index (χ1v) is 12.9. The number of phenolic OH excluding ortho intramolecular Hbond substituents is 2. The van der Waals surface area contributed by atoms with Crippen molar-refractivity contribution >= 4 is 11.8 Å². The first-order valence-electron chi connectivity index (χ1n) is 12.0. The molecule has 2 aliphatic heterocycles. The highest BCUT2D eigenvalue weighted by Gasteiger charge is 2.17. The fraction of sp³-hybridized carbons (Fsp3) is 0.357. The van der Waals surface area contributed by atoms with Crippen LogP contribution in [0.3, 0.4) is 0 Å². The summed E-state index contributed by atoms with van der Waals surface area (Å²) >= 11 is 1.37. The van der Waals surface area contributed by atoms with Gasteiger partial charge in [0.25, 0.3) is 0 Å². The Bertz CT molecular complexity index is 1010. The van der Waals surface area contributed by atoms with Gasteiger partial charge in [0.05, 0.1) is 11.5 Å². The predicted molar refractivity (Wildman–Crippen MR) is 139 cm³/mol. The zero-order valence-corrected chi connectivity index (χ0v) is 21.0. The molecule has 2 aliphatic rings. The number of rotatable bonds is 4. The largest absolute Gasteiger partial charge is 0.508 e. The number of piperidine rings is 1. The molecule has 2 N–H and O–H groups in total. The van der Waals surface area contributed by atoms with E-state index in [0.717, 1.165) is 30.2 Å². The average molecular weight is 500 g/mol.